The first-order valence-electron chi connectivity index (χ1n) is 9.66. The Kier molecular flexibility index (Phi) is 8.02. The lowest BCUT2D eigenvalue weighted by atomic mass is 9.97. The van der Waals surface area contributed by atoms with E-state index in [1.165, 1.54) is 36.2 Å². The van der Waals surface area contributed by atoms with Crippen molar-refractivity contribution in [3.8, 4) is 0 Å². The Bertz CT molecular complexity index is 782. The first-order valence-corrected chi connectivity index (χ1v) is 9.66. The summed E-state index contributed by atoms with van der Waals surface area (Å²) in [6, 6.07) is 4.42. The van der Waals surface area contributed by atoms with Gasteiger partial charge < -0.3 is 14.5 Å². The van der Waals surface area contributed by atoms with Crippen LogP contribution in [0.2, 0.25) is 0 Å². The summed E-state index contributed by atoms with van der Waals surface area (Å²) < 4.78 is 42.7. The number of piperidine rings is 1. The number of rotatable bonds is 6. The molecule has 1 aromatic rings. The maximum Gasteiger partial charge on any atom is 0.416 e. The molecule has 1 saturated heterocycles. The van der Waals surface area contributed by atoms with E-state index < -0.39 is 17.6 Å². The number of carbonyl (C=O) groups excluding carboxylic acids is 3. The van der Waals surface area contributed by atoms with E-state index >= 15 is 0 Å². The van der Waals surface area contributed by atoms with Crippen LogP contribution in [-0.4, -0.2) is 60.9 Å². The Balaban J connectivity index is 1.83. The Labute approximate surface area is 173 Å². The zero-order valence-electron chi connectivity index (χ0n) is 16.9. The fourth-order valence-electron chi connectivity index (χ4n) is 3.08. The SMILES string of the molecule is CCOC(=O)C1CCN(C(=O)CN(C)C(=O)C=Cc2ccc(C(F)(F)F)cc2)CC1. The summed E-state index contributed by atoms with van der Waals surface area (Å²) in [7, 11) is 1.47. The highest BCUT2D eigenvalue weighted by atomic mass is 19.4. The number of esters is 1. The molecule has 0 unspecified atom stereocenters. The number of likely N-dealkylation sites (N-methyl/N-ethyl adjacent to an activating group) is 1. The molecule has 1 aliphatic heterocycles. The van der Waals surface area contributed by atoms with E-state index in [-0.39, 0.29) is 24.3 Å². The number of hydrogen-bond donors (Lipinski definition) is 0. The molecule has 6 nitrogen and oxygen atoms in total. The van der Waals surface area contributed by atoms with Crippen LogP contribution in [0.15, 0.2) is 30.3 Å². The maximum absolute atomic E-state index is 12.6. The van der Waals surface area contributed by atoms with E-state index in [1.54, 1.807) is 11.8 Å². The molecule has 0 saturated carbocycles. The van der Waals surface area contributed by atoms with Crippen LogP contribution in [0, 0.1) is 5.92 Å². The molecule has 0 aliphatic carbocycles. The number of halogens is 3. The van der Waals surface area contributed by atoms with Crippen LogP contribution in [0.3, 0.4) is 0 Å². The van der Waals surface area contributed by atoms with Gasteiger partial charge in [0.25, 0.3) is 0 Å². The number of carbonyl (C=O) groups is 3. The molecule has 9 heteroatoms. The summed E-state index contributed by atoms with van der Waals surface area (Å²) in [5, 5.41) is 0. The van der Waals surface area contributed by atoms with Crippen molar-refractivity contribution in [1.82, 2.24) is 9.80 Å². The van der Waals surface area contributed by atoms with Crippen LogP contribution >= 0.6 is 0 Å². The van der Waals surface area contributed by atoms with Crippen molar-refractivity contribution in [2.45, 2.75) is 25.9 Å². The van der Waals surface area contributed by atoms with Gasteiger partial charge in [-0.15, -0.1) is 0 Å². The van der Waals surface area contributed by atoms with E-state index in [2.05, 4.69) is 0 Å². The molecule has 1 fully saturated rings. The van der Waals surface area contributed by atoms with E-state index in [0.717, 1.165) is 12.1 Å². The average Bonchev–Trinajstić information content (AvgIpc) is 2.71. The van der Waals surface area contributed by atoms with Gasteiger partial charge in [0.1, 0.15) is 0 Å². The third kappa shape index (κ3) is 6.60. The van der Waals surface area contributed by atoms with Crippen LogP contribution in [0.5, 0.6) is 0 Å². The predicted molar refractivity (Wildman–Crippen MR) is 104 cm³/mol. The summed E-state index contributed by atoms with van der Waals surface area (Å²) >= 11 is 0. The van der Waals surface area contributed by atoms with E-state index in [9.17, 15) is 27.6 Å². The topological polar surface area (TPSA) is 66.9 Å². The normalized spacial score (nSPS) is 15.3. The van der Waals surface area contributed by atoms with Crippen molar-refractivity contribution in [3.05, 3.63) is 41.5 Å². The lowest BCUT2D eigenvalue weighted by Gasteiger charge is -2.32. The minimum Gasteiger partial charge on any atom is -0.466 e. The third-order valence-electron chi connectivity index (χ3n) is 4.87. The largest absolute Gasteiger partial charge is 0.466 e. The second-order valence-corrected chi connectivity index (χ2v) is 7.05. The predicted octanol–water partition coefficient (Wildman–Crippen LogP) is 2.98. The summed E-state index contributed by atoms with van der Waals surface area (Å²) in [5.74, 6) is -1.12. The minimum absolute atomic E-state index is 0.125. The Hall–Kier alpha value is -2.84. The van der Waals surface area contributed by atoms with Gasteiger partial charge in [0, 0.05) is 26.2 Å². The molecule has 0 spiro atoms. The van der Waals surface area contributed by atoms with Crippen molar-refractivity contribution in [2.75, 3.05) is 33.3 Å². The number of amides is 2. The van der Waals surface area contributed by atoms with Gasteiger partial charge in [-0.3, -0.25) is 14.4 Å². The maximum atomic E-state index is 12.6. The van der Waals surface area contributed by atoms with Crippen molar-refractivity contribution < 1.29 is 32.3 Å². The third-order valence-corrected chi connectivity index (χ3v) is 4.87. The Morgan fingerprint density at radius 1 is 1.17 bits per heavy atom. The summed E-state index contributed by atoms with van der Waals surface area (Å²) in [6.45, 7) is 2.79. The highest BCUT2D eigenvalue weighted by Gasteiger charge is 2.30. The van der Waals surface area contributed by atoms with Crippen molar-refractivity contribution in [1.29, 1.82) is 0 Å². The van der Waals surface area contributed by atoms with Crippen molar-refractivity contribution in [3.63, 3.8) is 0 Å². The van der Waals surface area contributed by atoms with Crippen LogP contribution < -0.4 is 0 Å². The summed E-state index contributed by atoms with van der Waals surface area (Å²) in [5.41, 5.74) is -0.322. The monoisotopic (exact) mass is 426 g/mol. The lowest BCUT2D eigenvalue weighted by Crippen LogP contribution is -2.45. The highest BCUT2D eigenvalue weighted by Crippen LogP contribution is 2.29. The number of hydrogen-bond acceptors (Lipinski definition) is 4. The molecular formula is C21H25F3N2O4. The van der Waals surface area contributed by atoms with Gasteiger partial charge in [-0.05, 0) is 43.5 Å². The van der Waals surface area contributed by atoms with Gasteiger partial charge in [-0.2, -0.15) is 13.2 Å². The second kappa shape index (κ2) is 10.3. The number of benzene rings is 1. The molecule has 1 aliphatic rings. The average molecular weight is 426 g/mol. The van der Waals surface area contributed by atoms with Crippen LogP contribution in [0.1, 0.15) is 30.9 Å². The van der Waals surface area contributed by atoms with E-state index in [1.807, 2.05) is 0 Å². The first kappa shape index (κ1) is 23.4. The Morgan fingerprint density at radius 2 is 1.77 bits per heavy atom. The number of alkyl halides is 3. The second-order valence-electron chi connectivity index (χ2n) is 7.05. The van der Waals surface area contributed by atoms with E-state index in [4.69, 9.17) is 4.74 Å². The molecule has 0 bridgehead atoms. The van der Waals surface area contributed by atoms with Crippen molar-refractivity contribution in [2.24, 2.45) is 5.92 Å². The van der Waals surface area contributed by atoms with Gasteiger partial charge in [0.05, 0.1) is 24.6 Å². The fourth-order valence-corrected chi connectivity index (χ4v) is 3.08. The number of ether oxygens (including phenoxy) is 1. The van der Waals surface area contributed by atoms with Gasteiger partial charge in [0.15, 0.2) is 0 Å². The first-order chi connectivity index (χ1) is 14.1. The van der Waals surface area contributed by atoms with E-state index in [0.29, 0.717) is 38.1 Å². The zero-order valence-corrected chi connectivity index (χ0v) is 16.9. The standard InChI is InChI=1S/C21H25F3N2O4/c1-3-30-20(29)16-10-12-26(13-11-16)19(28)14-25(2)18(27)9-6-15-4-7-17(8-5-15)21(22,23)24/h4-9,16H,3,10-14H2,1-2H3. The molecule has 0 radical (unpaired) electrons. The molecule has 0 atom stereocenters. The summed E-state index contributed by atoms with van der Waals surface area (Å²) in [4.78, 5) is 39.2. The summed E-state index contributed by atoms with van der Waals surface area (Å²) in [6.07, 6.45) is -0.757. The molecule has 2 amide bonds. The van der Waals surface area contributed by atoms with Crippen LogP contribution in [-0.2, 0) is 25.3 Å². The smallest absolute Gasteiger partial charge is 0.416 e. The van der Waals surface area contributed by atoms with Gasteiger partial charge >= 0.3 is 12.1 Å². The molecule has 1 aromatic carbocycles. The van der Waals surface area contributed by atoms with Gasteiger partial charge in [0.2, 0.25) is 11.8 Å². The zero-order chi connectivity index (χ0) is 22.3. The fraction of sp³-hybridized carbons (Fsp3) is 0.476. The molecule has 30 heavy (non-hydrogen) atoms. The minimum atomic E-state index is -4.41. The van der Waals surface area contributed by atoms with Gasteiger partial charge in [-0.25, -0.2) is 0 Å². The molecule has 0 aromatic heterocycles. The Morgan fingerprint density at radius 3 is 2.30 bits per heavy atom. The number of nitrogens with zero attached hydrogens (tertiary/aromatic N) is 2. The number of likely N-dealkylation sites (tertiary alicyclic amines) is 1. The van der Waals surface area contributed by atoms with Crippen LogP contribution in [0.4, 0.5) is 13.2 Å². The molecule has 1 heterocycles. The van der Waals surface area contributed by atoms with Gasteiger partial charge in [-0.1, -0.05) is 12.1 Å². The van der Waals surface area contributed by atoms with Crippen molar-refractivity contribution >= 4 is 23.9 Å². The molecule has 0 N–H and O–H groups in total. The molecule has 2 rings (SSSR count). The molecular weight excluding hydrogens is 401 g/mol. The highest BCUT2D eigenvalue weighted by molar-refractivity contribution is 5.94. The lowest BCUT2D eigenvalue weighted by molar-refractivity contribution is -0.151. The quantitative estimate of drug-likeness (QED) is 0.518. The molecule has 164 valence electrons. The van der Waals surface area contributed by atoms with Crippen LogP contribution in [0.25, 0.3) is 6.08 Å².